The smallest absolute Gasteiger partial charge is 0.0195 e. The van der Waals surface area contributed by atoms with Crippen LogP contribution in [0.3, 0.4) is 0 Å². The van der Waals surface area contributed by atoms with Gasteiger partial charge in [0.15, 0.2) is 0 Å². The first-order valence-electron chi connectivity index (χ1n) is 6.35. The van der Waals surface area contributed by atoms with E-state index in [-0.39, 0.29) is 0 Å². The molecule has 2 aliphatic rings. The molecule has 88 valence electrons. The van der Waals surface area contributed by atoms with Crippen molar-refractivity contribution in [3.05, 3.63) is 0 Å². The highest BCUT2D eigenvalue weighted by Crippen LogP contribution is 2.25. The molecule has 2 nitrogen and oxygen atoms in total. The van der Waals surface area contributed by atoms with Gasteiger partial charge in [0.25, 0.3) is 0 Å². The Labute approximate surface area is 98.2 Å². The minimum Gasteiger partial charge on any atom is -0.313 e. The monoisotopic (exact) mass is 228 g/mol. The maximum absolute atomic E-state index is 3.65. The number of thioether (sulfide) groups is 1. The molecule has 0 aromatic carbocycles. The van der Waals surface area contributed by atoms with Crippen molar-refractivity contribution < 1.29 is 0 Å². The second kappa shape index (κ2) is 5.55. The van der Waals surface area contributed by atoms with Crippen LogP contribution in [0.15, 0.2) is 0 Å². The van der Waals surface area contributed by atoms with Gasteiger partial charge in [-0.25, -0.2) is 0 Å². The van der Waals surface area contributed by atoms with Crippen molar-refractivity contribution in [1.29, 1.82) is 0 Å². The molecule has 2 rings (SSSR count). The summed E-state index contributed by atoms with van der Waals surface area (Å²) in [6, 6.07) is 0.765. The zero-order valence-electron chi connectivity index (χ0n) is 10.0. The van der Waals surface area contributed by atoms with Crippen LogP contribution < -0.4 is 5.32 Å². The van der Waals surface area contributed by atoms with Crippen LogP contribution in [0.2, 0.25) is 0 Å². The molecule has 2 aliphatic heterocycles. The van der Waals surface area contributed by atoms with E-state index in [4.69, 9.17) is 0 Å². The second-order valence-corrected chi connectivity index (χ2v) is 7.00. The molecular weight excluding hydrogens is 204 g/mol. The second-order valence-electron chi connectivity index (χ2n) is 5.12. The Bertz CT molecular complexity index is 182. The third-order valence-electron chi connectivity index (χ3n) is 3.39. The average molecular weight is 228 g/mol. The van der Waals surface area contributed by atoms with Gasteiger partial charge in [0.2, 0.25) is 0 Å². The molecule has 0 bridgehead atoms. The fourth-order valence-electron chi connectivity index (χ4n) is 2.82. The van der Waals surface area contributed by atoms with Gasteiger partial charge in [0.05, 0.1) is 0 Å². The van der Waals surface area contributed by atoms with Gasteiger partial charge < -0.3 is 5.32 Å². The van der Waals surface area contributed by atoms with Crippen molar-refractivity contribution in [2.24, 2.45) is 0 Å². The predicted molar refractivity (Wildman–Crippen MR) is 68.6 cm³/mol. The molecule has 3 heteroatoms. The quantitative estimate of drug-likeness (QED) is 0.778. The number of hydrogen-bond donors (Lipinski definition) is 1. The highest BCUT2D eigenvalue weighted by Gasteiger charge is 2.24. The minimum atomic E-state index is 0.765. The Hall–Kier alpha value is 0.270. The zero-order valence-corrected chi connectivity index (χ0v) is 10.9. The summed E-state index contributed by atoms with van der Waals surface area (Å²) < 4.78 is 0. The van der Waals surface area contributed by atoms with Crippen LogP contribution in [0.1, 0.15) is 33.1 Å². The van der Waals surface area contributed by atoms with Gasteiger partial charge in [-0.15, -0.1) is 0 Å². The molecule has 3 unspecified atom stereocenters. The lowest BCUT2D eigenvalue weighted by atomic mass is 10.0. The first-order valence-corrected chi connectivity index (χ1v) is 7.29. The molecule has 2 fully saturated rings. The molecule has 0 radical (unpaired) electrons. The van der Waals surface area contributed by atoms with Gasteiger partial charge in [-0.1, -0.05) is 20.3 Å². The fraction of sp³-hybridized carbons (Fsp3) is 1.00. The summed E-state index contributed by atoms with van der Waals surface area (Å²) in [5.41, 5.74) is 0. The molecule has 0 amide bonds. The van der Waals surface area contributed by atoms with Crippen molar-refractivity contribution in [2.75, 3.05) is 26.2 Å². The van der Waals surface area contributed by atoms with E-state index in [2.05, 4.69) is 35.8 Å². The lowest BCUT2D eigenvalue weighted by molar-refractivity contribution is 0.222. The van der Waals surface area contributed by atoms with Gasteiger partial charge in [-0.2, -0.15) is 11.8 Å². The van der Waals surface area contributed by atoms with Crippen molar-refractivity contribution in [1.82, 2.24) is 10.2 Å². The summed E-state index contributed by atoms with van der Waals surface area (Å²) in [7, 11) is 0. The Kier molecular flexibility index (Phi) is 4.35. The van der Waals surface area contributed by atoms with E-state index in [0.29, 0.717) is 0 Å². The normalized spacial score (nSPS) is 39.2. The highest BCUT2D eigenvalue weighted by molar-refractivity contribution is 8.00. The van der Waals surface area contributed by atoms with Crippen molar-refractivity contribution in [3.63, 3.8) is 0 Å². The number of rotatable bonds is 2. The molecule has 0 aliphatic carbocycles. The van der Waals surface area contributed by atoms with Gasteiger partial charge in [0, 0.05) is 36.2 Å². The third kappa shape index (κ3) is 3.65. The lowest BCUT2D eigenvalue weighted by Gasteiger charge is -2.37. The fourth-order valence-corrected chi connectivity index (χ4v) is 4.21. The van der Waals surface area contributed by atoms with Gasteiger partial charge in [-0.05, 0) is 19.4 Å². The zero-order chi connectivity index (χ0) is 10.7. The van der Waals surface area contributed by atoms with E-state index in [1.54, 1.807) is 0 Å². The topological polar surface area (TPSA) is 15.3 Å². The van der Waals surface area contributed by atoms with Gasteiger partial charge in [0.1, 0.15) is 0 Å². The van der Waals surface area contributed by atoms with Crippen LogP contribution in [0.25, 0.3) is 0 Å². The van der Waals surface area contributed by atoms with Crippen molar-refractivity contribution in [3.8, 4) is 0 Å². The molecule has 2 saturated heterocycles. The SMILES string of the molecule is CC1CN(CC2CCCCN2)CC(C)S1. The molecule has 0 spiro atoms. The standard InChI is InChI=1S/C12H24N2S/c1-10-7-14(8-11(2)15-10)9-12-5-3-4-6-13-12/h10-13H,3-9H2,1-2H3. The number of hydrogen-bond acceptors (Lipinski definition) is 3. The number of nitrogens with one attached hydrogen (secondary N) is 1. The minimum absolute atomic E-state index is 0.765. The third-order valence-corrected chi connectivity index (χ3v) is 4.61. The molecule has 3 atom stereocenters. The van der Waals surface area contributed by atoms with Crippen LogP contribution in [0, 0.1) is 0 Å². The largest absolute Gasteiger partial charge is 0.313 e. The van der Waals surface area contributed by atoms with Crippen LogP contribution in [0.5, 0.6) is 0 Å². The summed E-state index contributed by atoms with van der Waals surface area (Å²) >= 11 is 2.14. The first-order chi connectivity index (χ1) is 7.24. The molecule has 15 heavy (non-hydrogen) atoms. The first kappa shape index (κ1) is 11.7. The van der Waals surface area contributed by atoms with Crippen molar-refractivity contribution in [2.45, 2.75) is 49.7 Å². The maximum Gasteiger partial charge on any atom is 0.0195 e. The Morgan fingerprint density at radius 3 is 2.53 bits per heavy atom. The predicted octanol–water partition coefficient (Wildman–Crippen LogP) is 1.95. The summed E-state index contributed by atoms with van der Waals surface area (Å²) in [6.07, 6.45) is 4.18. The van der Waals surface area contributed by atoms with Crippen LogP contribution in [0.4, 0.5) is 0 Å². The van der Waals surface area contributed by atoms with E-state index < -0.39 is 0 Å². The maximum atomic E-state index is 3.65. The average Bonchev–Trinajstić information content (AvgIpc) is 2.17. The van der Waals surface area contributed by atoms with E-state index in [9.17, 15) is 0 Å². The number of nitrogens with zero attached hydrogens (tertiary/aromatic N) is 1. The molecular formula is C12H24N2S. The summed E-state index contributed by atoms with van der Waals surface area (Å²) in [4.78, 5) is 2.66. The van der Waals surface area contributed by atoms with E-state index in [0.717, 1.165) is 16.5 Å². The molecule has 1 N–H and O–H groups in total. The Morgan fingerprint density at radius 2 is 1.93 bits per heavy atom. The molecule has 0 aromatic heterocycles. The van der Waals surface area contributed by atoms with Gasteiger partial charge >= 0.3 is 0 Å². The molecule has 0 aromatic rings. The van der Waals surface area contributed by atoms with Crippen LogP contribution in [-0.2, 0) is 0 Å². The van der Waals surface area contributed by atoms with Gasteiger partial charge in [-0.3, -0.25) is 4.90 Å². The Balaban J connectivity index is 1.77. The van der Waals surface area contributed by atoms with E-state index in [1.807, 2.05) is 0 Å². The van der Waals surface area contributed by atoms with Crippen LogP contribution >= 0.6 is 11.8 Å². The van der Waals surface area contributed by atoms with E-state index >= 15 is 0 Å². The van der Waals surface area contributed by atoms with Crippen LogP contribution in [-0.4, -0.2) is 47.6 Å². The summed E-state index contributed by atoms with van der Waals surface area (Å²) in [5, 5.41) is 5.28. The molecule has 0 saturated carbocycles. The molecule has 2 heterocycles. The summed E-state index contributed by atoms with van der Waals surface area (Å²) in [5.74, 6) is 0. The highest BCUT2D eigenvalue weighted by atomic mass is 32.2. The van der Waals surface area contributed by atoms with E-state index in [1.165, 1.54) is 45.4 Å². The number of piperidine rings is 1. The van der Waals surface area contributed by atoms with Crippen molar-refractivity contribution >= 4 is 11.8 Å². The Morgan fingerprint density at radius 1 is 1.20 bits per heavy atom. The lowest BCUT2D eigenvalue weighted by Crippen LogP contribution is -2.48. The summed E-state index contributed by atoms with van der Waals surface area (Å²) in [6.45, 7) is 9.80.